The number of rotatable bonds is 12. The summed E-state index contributed by atoms with van der Waals surface area (Å²) < 4.78 is 59.7. The highest BCUT2D eigenvalue weighted by molar-refractivity contribution is 7.88. The van der Waals surface area contributed by atoms with Crippen LogP contribution in [0, 0.1) is 0 Å². The van der Waals surface area contributed by atoms with Gasteiger partial charge in [0.1, 0.15) is 36.4 Å². The van der Waals surface area contributed by atoms with E-state index in [9.17, 15) is 28.0 Å². The molecular formula is C22H30N7O10PS. The van der Waals surface area contributed by atoms with E-state index in [4.69, 9.17) is 13.8 Å². The number of hydrogen-bond acceptors (Lipinski definition) is 14. The lowest BCUT2D eigenvalue weighted by Crippen LogP contribution is -2.44. The molecule has 0 spiro atoms. The molecule has 2 aromatic heterocycles. The molecule has 4 N–H and O–H groups in total. The number of aliphatic hydroxyl groups excluding tert-OH is 1. The van der Waals surface area contributed by atoms with Gasteiger partial charge in [-0.05, 0) is 19.1 Å². The normalized spacial score (nSPS) is 24.2. The lowest BCUT2D eigenvalue weighted by Gasteiger charge is -2.27. The summed E-state index contributed by atoms with van der Waals surface area (Å²) in [7, 11) is -5.25. The molecule has 1 aromatic carbocycles. The predicted octanol–water partition coefficient (Wildman–Crippen LogP) is -0.298. The first kappa shape index (κ1) is 30.7. The number of carbonyl (C=O) groups excluding carboxylic acids is 1. The number of ether oxygens (including phenoxy) is 2. The topological polar surface area (TPSA) is 217 Å². The summed E-state index contributed by atoms with van der Waals surface area (Å²) in [4.78, 5) is 26.4. The molecule has 1 aliphatic heterocycles. The number of fused-ring (bicyclic) bond motifs is 1. The van der Waals surface area contributed by atoms with Crippen LogP contribution in [0.4, 0.5) is 5.82 Å². The fourth-order valence-corrected chi connectivity index (χ4v) is 5.91. The highest BCUT2D eigenvalue weighted by Crippen LogP contribution is 2.46. The zero-order valence-electron chi connectivity index (χ0n) is 22.4. The van der Waals surface area contributed by atoms with E-state index in [2.05, 4.69) is 29.6 Å². The number of methoxy groups -OCH3 is 1. The fourth-order valence-electron chi connectivity index (χ4n) is 4.06. The van der Waals surface area contributed by atoms with Crippen molar-refractivity contribution in [3.05, 3.63) is 43.0 Å². The third-order valence-electron chi connectivity index (χ3n) is 5.99. The molecule has 1 saturated heterocycles. The molecule has 17 nitrogen and oxygen atoms in total. The second-order valence-electron chi connectivity index (χ2n) is 9.25. The van der Waals surface area contributed by atoms with E-state index in [0.29, 0.717) is 0 Å². The Kier molecular flexibility index (Phi) is 8.95. The third-order valence-corrected chi connectivity index (χ3v) is 8.08. The smallest absolute Gasteiger partial charge is 0.459 e. The maximum atomic E-state index is 13.5. The van der Waals surface area contributed by atoms with E-state index >= 15 is 0 Å². The van der Waals surface area contributed by atoms with Crippen LogP contribution in [0.15, 0.2) is 43.0 Å². The Balaban J connectivity index is 1.56. The van der Waals surface area contributed by atoms with Gasteiger partial charge in [-0.15, -0.1) is 4.83 Å². The second-order valence-corrected chi connectivity index (χ2v) is 12.7. The lowest BCUT2D eigenvalue weighted by molar-refractivity contribution is -0.139. The molecule has 41 heavy (non-hydrogen) atoms. The van der Waals surface area contributed by atoms with Crippen LogP contribution < -0.4 is 19.5 Å². The minimum absolute atomic E-state index is 0.118. The maximum Gasteiger partial charge on any atom is 0.459 e. The van der Waals surface area contributed by atoms with Crippen molar-refractivity contribution >= 4 is 40.7 Å². The third kappa shape index (κ3) is 6.99. The summed E-state index contributed by atoms with van der Waals surface area (Å²) in [5, 5.41) is 25.7. The van der Waals surface area contributed by atoms with E-state index in [0.717, 1.165) is 18.4 Å². The molecule has 224 valence electrons. The van der Waals surface area contributed by atoms with Gasteiger partial charge in [0.15, 0.2) is 23.2 Å². The minimum atomic E-state index is -4.21. The predicted molar refractivity (Wildman–Crippen MR) is 143 cm³/mol. The Bertz CT molecular complexity index is 1540. The van der Waals surface area contributed by atoms with Crippen molar-refractivity contribution in [2.24, 2.45) is 0 Å². The number of hydrogen-bond donors (Lipinski definition) is 4. The number of esters is 1. The number of aromatic nitrogens is 4. The number of hydrazine groups is 1. The molecule has 0 bridgehead atoms. The number of para-hydroxylation sites is 1. The lowest BCUT2D eigenvalue weighted by atomic mass is 9.96. The molecule has 1 aliphatic rings. The molecule has 1 fully saturated rings. The van der Waals surface area contributed by atoms with Gasteiger partial charge in [0, 0.05) is 7.05 Å². The number of anilines is 1. The Hall–Kier alpha value is -3.22. The second kappa shape index (κ2) is 11.9. The molecule has 19 heteroatoms. The molecule has 0 aliphatic carbocycles. The van der Waals surface area contributed by atoms with Gasteiger partial charge >= 0.3 is 13.7 Å². The molecule has 5 atom stereocenters. The van der Waals surface area contributed by atoms with Gasteiger partial charge in [-0.1, -0.05) is 18.2 Å². The van der Waals surface area contributed by atoms with Crippen LogP contribution in [-0.2, 0) is 33.4 Å². The van der Waals surface area contributed by atoms with Crippen molar-refractivity contribution < 1.29 is 46.5 Å². The van der Waals surface area contributed by atoms with Gasteiger partial charge in [-0.25, -0.2) is 33.0 Å². The molecule has 0 radical (unpaired) electrons. The Morgan fingerprint density at radius 1 is 1.27 bits per heavy atom. The van der Waals surface area contributed by atoms with E-state index in [-0.39, 0.29) is 22.7 Å². The number of carbonyl (C=O) groups is 1. The SMILES string of the molecule is COC(=O)CNP(=O)(OC[C@H]1O[C@@H](n2cnc3c(N(C)NS(C)(=O)=O)ncnc32)[C@](C)(O)[C@@H]1O)Oc1ccccc1. The number of sulfonamides is 1. The molecule has 4 rings (SSSR count). The number of nitrogens with one attached hydrogen (secondary N) is 2. The van der Waals surface area contributed by atoms with Gasteiger partial charge in [0.2, 0.25) is 10.0 Å². The van der Waals surface area contributed by atoms with Crippen LogP contribution in [-0.4, -0.2) is 95.5 Å². The van der Waals surface area contributed by atoms with Crippen molar-refractivity contribution in [2.75, 3.05) is 38.6 Å². The average molecular weight is 616 g/mol. The molecule has 3 heterocycles. The van der Waals surface area contributed by atoms with Crippen molar-refractivity contribution in [1.82, 2.24) is 29.4 Å². The van der Waals surface area contributed by atoms with Crippen molar-refractivity contribution in [1.29, 1.82) is 0 Å². The van der Waals surface area contributed by atoms with E-state index in [1.165, 1.54) is 43.3 Å². The summed E-state index contributed by atoms with van der Waals surface area (Å²) in [5.74, 6) is -0.425. The van der Waals surface area contributed by atoms with E-state index < -0.39 is 60.9 Å². The number of imidazole rings is 1. The first-order valence-corrected chi connectivity index (χ1v) is 15.4. The van der Waals surface area contributed by atoms with Crippen LogP contribution in [0.5, 0.6) is 5.75 Å². The number of aliphatic hydroxyl groups is 2. The van der Waals surface area contributed by atoms with Gasteiger partial charge in [-0.3, -0.25) is 18.9 Å². The van der Waals surface area contributed by atoms with Crippen molar-refractivity contribution in [3.8, 4) is 5.75 Å². The summed E-state index contributed by atoms with van der Waals surface area (Å²) in [5.41, 5.74) is -1.59. The van der Waals surface area contributed by atoms with Crippen LogP contribution in [0.2, 0.25) is 0 Å². The largest absolute Gasteiger partial charge is 0.468 e. The van der Waals surface area contributed by atoms with Crippen LogP contribution >= 0.6 is 7.75 Å². The fraction of sp³-hybridized carbons (Fsp3) is 0.455. The first-order chi connectivity index (χ1) is 19.2. The molecule has 0 amide bonds. The summed E-state index contributed by atoms with van der Waals surface area (Å²) >= 11 is 0. The van der Waals surface area contributed by atoms with Crippen molar-refractivity contribution in [2.45, 2.75) is 31.0 Å². The van der Waals surface area contributed by atoms with Gasteiger partial charge in [0.05, 0.1) is 26.3 Å². The zero-order chi connectivity index (χ0) is 30.0. The first-order valence-electron chi connectivity index (χ1n) is 12.0. The molecule has 3 aromatic rings. The molecular weight excluding hydrogens is 585 g/mol. The Morgan fingerprint density at radius 2 is 1.98 bits per heavy atom. The summed E-state index contributed by atoms with van der Waals surface area (Å²) in [6, 6.07) is 8.07. The number of nitrogens with zero attached hydrogens (tertiary/aromatic N) is 5. The number of benzene rings is 1. The molecule has 1 unspecified atom stereocenters. The van der Waals surface area contributed by atoms with Crippen LogP contribution in [0.1, 0.15) is 13.2 Å². The quantitative estimate of drug-likeness (QED) is 0.117. The van der Waals surface area contributed by atoms with Crippen LogP contribution in [0.3, 0.4) is 0 Å². The minimum Gasteiger partial charge on any atom is -0.468 e. The highest BCUT2D eigenvalue weighted by atomic mass is 32.2. The van der Waals surface area contributed by atoms with Crippen molar-refractivity contribution in [3.63, 3.8) is 0 Å². The Labute approximate surface area is 235 Å². The zero-order valence-corrected chi connectivity index (χ0v) is 24.2. The molecule has 0 saturated carbocycles. The summed E-state index contributed by atoms with van der Waals surface area (Å²) in [6.45, 7) is 0.296. The maximum absolute atomic E-state index is 13.5. The van der Waals surface area contributed by atoms with E-state index in [1.807, 2.05) is 0 Å². The monoisotopic (exact) mass is 615 g/mol. The van der Waals surface area contributed by atoms with Gasteiger partial charge in [-0.2, -0.15) is 0 Å². The average Bonchev–Trinajstić information content (AvgIpc) is 3.43. The van der Waals surface area contributed by atoms with Gasteiger partial charge in [0.25, 0.3) is 0 Å². The van der Waals surface area contributed by atoms with Gasteiger partial charge < -0.3 is 24.2 Å². The van der Waals surface area contributed by atoms with E-state index in [1.54, 1.807) is 18.2 Å². The standard InChI is InChI=1S/C22H30N7O10PS/c1-22(32)18(31)15(11-37-40(33,26-10-16(30)36-3)39-14-8-6-5-7-9-14)38-21(22)29-13-25-17-19(23-12-24-20(17)29)28(2)27-41(4,34)35/h5-9,12-13,15,18,21,27,31-32H,10-11H2,1-4H3,(H,26,33)/t15-,18-,21-,22-,40?/m1/s1. The Morgan fingerprint density at radius 3 is 2.63 bits per heavy atom. The highest BCUT2D eigenvalue weighted by Gasteiger charge is 2.54. The summed E-state index contributed by atoms with van der Waals surface area (Å²) in [6.07, 6.45) is -0.607. The van der Waals surface area contributed by atoms with Crippen LogP contribution in [0.25, 0.3) is 11.2 Å².